The average molecular weight is 380 g/mol. The van der Waals surface area contributed by atoms with Crippen LogP contribution in [0.25, 0.3) is 0 Å². The predicted octanol–water partition coefficient (Wildman–Crippen LogP) is 3.45. The van der Waals surface area contributed by atoms with Crippen molar-refractivity contribution in [1.29, 1.82) is 0 Å². The quantitative estimate of drug-likeness (QED) is 0.816. The number of ether oxygens (including phenoxy) is 1. The Morgan fingerprint density at radius 2 is 1.84 bits per heavy atom. The molecule has 2 aromatic carbocycles. The fourth-order valence-corrected chi connectivity index (χ4v) is 3.71. The Morgan fingerprint density at radius 1 is 1.16 bits per heavy atom. The highest BCUT2D eigenvalue weighted by Crippen LogP contribution is 2.37. The van der Waals surface area contributed by atoms with E-state index >= 15 is 0 Å². The molecule has 0 bridgehead atoms. The van der Waals surface area contributed by atoms with Crippen LogP contribution < -0.4 is 9.64 Å². The molecule has 25 heavy (non-hydrogen) atoms. The highest BCUT2D eigenvalue weighted by molar-refractivity contribution is 7.91. The lowest BCUT2D eigenvalue weighted by Crippen LogP contribution is -2.44. The second-order valence-corrected chi connectivity index (χ2v) is 8.56. The third-order valence-electron chi connectivity index (χ3n) is 4.13. The second-order valence-electron chi connectivity index (χ2n) is 5.84. The van der Waals surface area contributed by atoms with E-state index in [1.807, 2.05) is 12.1 Å². The van der Waals surface area contributed by atoms with E-state index in [9.17, 15) is 13.2 Å². The molecule has 1 heterocycles. The van der Waals surface area contributed by atoms with Crippen LogP contribution in [0.1, 0.15) is 19.4 Å². The summed E-state index contributed by atoms with van der Waals surface area (Å²) in [5.74, 6) is 0.276. The SMILES string of the molecule is CCS(=O)(=O)c1ccc2c(c1)N(Cc1ccc(Cl)cc1)C(=O)C(C)O2. The van der Waals surface area contributed by atoms with Gasteiger partial charge < -0.3 is 9.64 Å². The average Bonchev–Trinajstić information content (AvgIpc) is 2.60. The van der Waals surface area contributed by atoms with E-state index in [-0.39, 0.29) is 16.6 Å². The number of carbonyl (C=O) groups excluding carboxylic acids is 1. The number of benzene rings is 2. The van der Waals surface area contributed by atoms with Gasteiger partial charge in [-0.15, -0.1) is 0 Å². The maximum absolute atomic E-state index is 12.6. The Kier molecular flexibility index (Phi) is 4.75. The zero-order chi connectivity index (χ0) is 18.2. The predicted molar refractivity (Wildman–Crippen MR) is 96.9 cm³/mol. The van der Waals surface area contributed by atoms with Crippen LogP contribution in [0.15, 0.2) is 47.4 Å². The number of nitrogens with zero attached hydrogens (tertiary/aromatic N) is 1. The lowest BCUT2D eigenvalue weighted by Gasteiger charge is -2.33. The van der Waals surface area contributed by atoms with E-state index in [0.717, 1.165) is 5.56 Å². The summed E-state index contributed by atoms with van der Waals surface area (Å²) in [7, 11) is -3.38. The first-order valence-corrected chi connectivity index (χ1v) is 9.94. The number of sulfone groups is 1. The van der Waals surface area contributed by atoms with E-state index in [2.05, 4.69) is 0 Å². The Balaban J connectivity index is 2.05. The molecule has 0 aromatic heterocycles. The summed E-state index contributed by atoms with van der Waals surface area (Å²) >= 11 is 5.91. The molecule has 132 valence electrons. The van der Waals surface area contributed by atoms with Gasteiger partial charge in [0.25, 0.3) is 5.91 Å². The van der Waals surface area contributed by atoms with Crippen LogP contribution in [0.4, 0.5) is 5.69 Å². The monoisotopic (exact) mass is 379 g/mol. The zero-order valence-corrected chi connectivity index (χ0v) is 15.5. The Bertz CT molecular complexity index is 909. The first-order valence-electron chi connectivity index (χ1n) is 7.91. The van der Waals surface area contributed by atoms with Crippen molar-refractivity contribution in [1.82, 2.24) is 0 Å². The topological polar surface area (TPSA) is 63.7 Å². The smallest absolute Gasteiger partial charge is 0.268 e. The molecule has 7 heteroatoms. The maximum Gasteiger partial charge on any atom is 0.268 e. The Labute approximate surface area is 152 Å². The number of hydrogen-bond acceptors (Lipinski definition) is 4. The van der Waals surface area contributed by atoms with Gasteiger partial charge in [-0.25, -0.2) is 8.42 Å². The molecule has 2 aromatic rings. The molecule has 1 unspecified atom stereocenters. The number of rotatable bonds is 4. The summed E-state index contributed by atoms with van der Waals surface area (Å²) in [6.45, 7) is 3.58. The second kappa shape index (κ2) is 6.69. The van der Waals surface area contributed by atoms with Crippen molar-refractivity contribution in [3.05, 3.63) is 53.1 Å². The van der Waals surface area contributed by atoms with Crippen LogP contribution in [0.2, 0.25) is 5.02 Å². The normalized spacial score (nSPS) is 17.2. The van der Waals surface area contributed by atoms with Crippen molar-refractivity contribution in [2.45, 2.75) is 31.4 Å². The summed E-state index contributed by atoms with van der Waals surface area (Å²) in [6.07, 6.45) is -0.631. The molecule has 1 atom stereocenters. The molecule has 3 rings (SSSR count). The molecular weight excluding hydrogens is 362 g/mol. The molecule has 5 nitrogen and oxygen atoms in total. The number of carbonyl (C=O) groups is 1. The summed E-state index contributed by atoms with van der Waals surface area (Å²) < 4.78 is 30.0. The summed E-state index contributed by atoms with van der Waals surface area (Å²) in [5, 5.41) is 0.613. The zero-order valence-electron chi connectivity index (χ0n) is 13.9. The van der Waals surface area contributed by atoms with Crippen molar-refractivity contribution in [2.24, 2.45) is 0 Å². The van der Waals surface area contributed by atoms with Gasteiger partial charge in [-0.2, -0.15) is 0 Å². The first kappa shape index (κ1) is 17.8. The van der Waals surface area contributed by atoms with E-state index in [1.54, 1.807) is 36.9 Å². The number of halogens is 1. The molecule has 1 aliphatic rings. The standard InChI is InChI=1S/C18H18ClNO4S/c1-3-25(22,23)15-8-9-17-16(10-15)20(18(21)12(2)24-17)11-13-4-6-14(19)7-5-13/h4-10,12H,3,11H2,1-2H3. The lowest BCUT2D eigenvalue weighted by molar-refractivity contribution is -0.125. The van der Waals surface area contributed by atoms with Gasteiger partial charge in [0.1, 0.15) is 5.75 Å². The van der Waals surface area contributed by atoms with Gasteiger partial charge in [0.2, 0.25) is 0 Å². The molecule has 0 fully saturated rings. The van der Waals surface area contributed by atoms with Gasteiger partial charge in [-0.05, 0) is 42.8 Å². The molecule has 0 saturated carbocycles. The van der Waals surface area contributed by atoms with Gasteiger partial charge in [-0.1, -0.05) is 30.7 Å². The molecular formula is C18H18ClNO4S. The third kappa shape index (κ3) is 3.50. The summed E-state index contributed by atoms with van der Waals surface area (Å²) in [6, 6.07) is 11.8. The van der Waals surface area contributed by atoms with Crippen LogP contribution in [-0.4, -0.2) is 26.2 Å². The minimum absolute atomic E-state index is 0.00578. The molecule has 0 saturated heterocycles. The Morgan fingerprint density at radius 3 is 2.48 bits per heavy atom. The third-order valence-corrected chi connectivity index (χ3v) is 6.12. The minimum Gasteiger partial charge on any atom is -0.479 e. The van der Waals surface area contributed by atoms with Gasteiger partial charge in [0.15, 0.2) is 15.9 Å². The van der Waals surface area contributed by atoms with Gasteiger partial charge in [0, 0.05) is 5.02 Å². The van der Waals surface area contributed by atoms with Crippen LogP contribution in [0, 0.1) is 0 Å². The van der Waals surface area contributed by atoms with Crippen molar-refractivity contribution < 1.29 is 17.9 Å². The van der Waals surface area contributed by atoms with E-state index in [4.69, 9.17) is 16.3 Å². The number of fused-ring (bicyclic) bond motifs is 1. The maximum atomic E-state index is 12.6. The van der Waals surface area contributed by atoms with Crippen molar-refractivity contribution >= 4 is 33.0 Å². The van der Waals surface area contributed by atoms with E-state index in [0.29, 0.717) is 23.0 Å². The van der Waals surface area contributed by atoms with Crippen molar-refractivity contribution in [2.75, 3.05) is 10.7 Å². The van der Waals surface area contributed by atoms with Crippen molar-refractivity contribution in [3.8, 4) is 5.75 Å². The van der Waals surface area contributed by atoms with Gasteiger partial charge in [-0.3, -0.25) is 4.79 Å². The molecule has 0 aliphatic carbocycles. The highest BCUT2D eigenvalue weighted by Gasteiger charge is 2.32. The lowest BCUT2D eigenvalue weighted by atomic mass is 10.1. The van der Waals surface area contributed by atoms with E-state index < -0.39 is 15.9 Å². The van der Waals surface area contributed by atoms with Crippen LogP contribution in [-0.2, 0) is 21.2 Å². The van der Waals surface area contributed by atoms with Crippen LogP contribution in [0.3, 0.4) is 0 Å². The first-order chi connectivity index (χ1) is 11.8. The van der Waals surface area contributed by atoms with Gasteiger partial charge >= 0.3 is 0 Å². The fraction of sp³-hybridized carbons (Fsp3) is 0.278. The minimum atomic E-state index is -3.38. The number of hydrogen-bond donors (Lipinski definition) is 0. The number of amides is 1. The van der Waals surface area contributed by atoms with Gasteiger partial charge in [0.05, 0.1) is 22.9 Å². The molecule has 0 spiro atoms. The van der Waals surface area contributed by atoms with E-state index in [1.165, 1.54) is 12.1 Å². The molecule has 0 N–H and O–H groups in total. The highest BCUT2D eigenvalue weighted by atomic mass is 35.5. The number of anilines is 1. The van der Waals surface area contributed by atoms with Crippen molar-refractivity contribution in [3.63, 3.8) is 0 Å². The van der Waals surface area contributed by atoms with Crippen LogP contribution in [0.5, 0.6) is 5.75 Å². The summed E-state index contributed by atoms with van der Waals surface area (Å²) in [5.41, 5.74) is 1.36. The fourth-order valence-electron chi connectivity index (χ4n) is 2.68. The molecule has 0 radical (unpaired) electrons. The molecule has 1 amide bonds. The summed E-state index contributed by atoms with van der Waals surface area (Å²) in [4.78, 5) is 14.4. The largest absolute Gasteiger partial charge is 0.479 e. The molecule has 1 aliphatic heterocycles. The Hall–Kier alpha value is -2.05. The van der Waals surface area contributed by atoms with Crippen LogP contribution >= 0.6 is 11.6 Å².